The highest BCUT2D eigenvalue weighted by Crippen LogP contribution is 2.35. The third-order valence-corrected chi connectivity index (χ3v) is 6.25. The molecule has 0 bridgehead atoms. The monoisotopic (exact) mass is 454 g/mol. The minimum absolute atomic E-state index is 0.0715. The normalized spacial score (nSPS) is 17.5. The van der Waals surface area contributed by atoms with Crippen LogP contribution in [0.25, 0.3) is 0 Å². The molecular formula is C25H24Cl2N2O2. The quantitative estimate of drug-likeness (QED) is 0.571. The molecule has 1 aliphatic rings. The first-order chi connectivity index (χ1) is 14.9. The number of hydrogen-bond acceptors (Lipinski definition) is 3. The maximum Gasteiger partial charge on any atom is 0.256 e. The van der Waals surface area contributed by atoms with E-state index in [0.29, 0.717) is 35.2 Å². The van der Waals surface area contributed by atoms with Crippen LogP contribution in [0, 0.1) is 6.92 Å². The zero-order valence-electron chi connectivity index (χ0n) is 17.2. The van der Waals surface area contributed by atoms with Crippen LogP contribution in [0.3, 0.4) is 0 Å². The Balaban J connectivity index is 1.64. The Hall–Kier alpha value is -2.53. The van der Waals surface area contributed by atoms with Crippen molar-refractivity contribution in [1.29, 1.82) is 0 Å². The SMILES string of the molecule is Cc1cc(Cl)ccc1N1CCN(C(=O)C(O)c2ccccc2)CC1c1ccc(Cl)cc1. The predicted octanol–water partition coefficient (Wildman–Crippen LogP) is 5.43. The number of benzene rings is 3. The lowest BCUT2D eigenvalue weighted by molar-refractivity contribution is -0.141. The van der Waals surface area contributed by atoms with Crippen molar-refractivity contribution in [3.63, 3.8) is 0 Å². The number of aryl methyl sites for hydroxylation is 1. The number of aliphatic hydroxyl groups is 1. The molecule has 1 amide bonds. The number of nitrogens with zero attached hydrogens (tertiary/aromatic N) is 2. The Labute approximate surface area is 192 Å². The van der Waals surface area contributed by atoms with E-state index < -0.39 is 6.10 Å². The molecule has 1 saturated heterocycles. The summed E-state index contributed by atoms with van der Waals surface area (Å²) in [5, 5.41) is 12.0. The summed E-state index contributed by atoms with van der Waals surface area (Å²) in [4.78, 5) is 17.2. The molecule has 2 unspecified atom stereocenters. The minimum atomic E-state index is -1.17. The first-order valence-electron chi connectivity index (χ1n) is 10.2. The third kappa shape index (κ3) is 4.72. The van der Waals surface area contributed by atoms with Gasteiger partial charge in [0, 0.05) is 35.4 Å². The lowest BCUT2D eigenvalue weighted by Gasteiger charge is -2.44. The second kappa shape index (κ2) is 9.31. The maximum absolute atomic E-state index is 13.1. The van der Waals surface area contributed by atoms with Crippen molar-refractivity contribution >= 4 is 34.8 Å². The largest absolute Gasteiger partial charge is 0.378 e. The van der Waals surface area contributed by atoms with E-state index in [4.69, 9.17) is 23.2 Å². The fourth-order valence-corrected chi connectivity index (χ4v) is 4.49. The van der Waals surface area contributed by atoms with Crippen molar-refractivity contribution in [3.05, 3.63) is 99.5 Å². The molecule has 3 aromatic carbocycles. The number of amides is 1. The number of piperazine rings is 1. The van der Waals surface area contributed by atoms with E-state index in [-0.39, 0.29) is 11.9 Å². The molecular weight excluding hydrogens is 431 g/mol. The van der Waals surface area contributed by atoms with E-state index in [2.05, 4.69) is 4.90 Å². The predicted molar refractivity (Wildman–Crippen MR) is 126 cm³/mol. The molecule has 1 heterocycles. The molecule has 3 aromatic rings. The Morgan fingerprint density at radius 3 is 2.32 bits per heavy atom. The summed E-state index contributed by atoms with van der Waals surface area (Å²) in [6, 6.07) is 22.6. The first-order valence-corrected chi connectivity index (χ1v) is 11.0. The van der Waals surface area contributed by atoms with Crippen LogP contribution in [0.2, 0.25) is 10.0 Å². The molecule has 1 aliphatic heterocycles. The topological polar surface area (TPSA) is 43.8 Å². The molecule has 1 fully saturated rings. The van der Waals surface area contributed by atoms with E-state index in [0.717, 1.165) is 16.8 Å². The zero-order chi connectivity index (χ0) is 22.0. The van der Waals surface area contributed by atoms with Crippen LogP contribution in [0.15, 0.2) is 72.8 Å². The van der Waals surface area contributed by atoms with Crippen molar-refractivity contribution in [3.8, 4) is 0 Å². The molecule has 0 spiro atoms. The van der Waals surface area contributed by atoms with Crippen LogP contribution < -0.4 is 4.90 Å². The van der Waals surface area contributed by atoms with Gasteiger partial charge in [-0.15, -0.1) is 0 Å². The molecule has 0 aromatic heterocycles. The van der Waals surface area contributed by atoms with E-state index in [9.17, 15) is 9.90 Å². The average molecular weight is 455 g/mol. The molecule has 160 valence electrons. The fraction of sp³-hybridized carbons (Fsp3) is 0.240. The molecule has 4 rings (SSSR count). The highest BCUT2D eigenvalue weighted by molar-refractivity contribution is 6.31. The summed E-state index contributed by atoms with van der Waals surface area (Å²) >= 11 is 12.3. The van der Waals surface area contributed by atoms with E-state index in [1.165, 1.54) is 0 Å². The second-order valence-electron chi connectivity index (χ2n) is 7.79. The van der Waals surface area contributed by atoms with Crippen molar-refractivity contribution in [2.24, 2.45) is 0 Å². The molecule has 2 atom stereocenters. The number of halogens is 2. The lowest BCUT2D eigenvalue weighted by atomic mass is 9.99. The van der Waals surface area contributed by atoms with Gasteiger partial charge in [0.25, 0.3) is 5.91 Å². The highest BCUT2D eigenvalue weighted by atomic mass is 35.5. The summed E-state index contributed by atoms with van der Waals surface area (Å²) < 4.78 is 0. The van der Waals surface area contributed by atoms with Gasteiger partial charge < -0.3 is 14.9 Å². The van der Waals surface area contributed by atoms with Gasteiger partial charge in [0.1, 0.15) is 0 Å². The van der Waals surface area contributed by atoms with Crippen LogP contribution in [0.5, 0.6) is 0 Å². The van der Waals surface area contributed by atoms with Gasteiger partial charge in [-0.25, -0.2) is 0 Å². The zero-order valence-corrected chi connectivity index (χ0v) is 18.7. The van der Waals surface area contributed by atoms with Crippen LogP contribution in [-0.2, 0) is 4.79 Å². The number of anilines is 1. The Kier molecular flexibility index (Phi) is 6.51. The summed E-state index contributed by atoms with van der Waals surface area (Å²) in [7, 11) is 0. The molecule has 6 heteroatoms. The maximum atomic E-state index is 13.1. The standard InChI is InChI=1S/C25H24Cl2N2O2/c1-17-15-21(27)11-12-22(17)29-14-13-28(16-23(29)18-7-9-20(26)10-8-18)25(31)24(30)19-5-3-2-4-6-19/h2-12,15,23-24,30H,13-14,16H2,1H3. The molecule has 1 N–H and O–H groups in total. The summed E-state index contributed by atoms with van der Waals surface area (Å²) in [5.41, 5.74) is 3.83. The van der Waals surface area contributed by atoms with E-state index in [1.807, 2.05) is 67.6 Å². The summed E-state index contributed by atoms with van der Waals surface area (Å²) in [6.45, 7) is 3.67. The molecule has 0 radical (unpaired) electrons. The van der Waals surface area contributed by atoms with Crippen LogP contribution in [0.4, 0.5) is 5.69 Å². The highest BCUT2D eigenvalue weighted by Gasteiger charge is 2.34. The third-order valence-electron chi connectivity index (χ3n) is 5.76. The number of hydrogen-bond donors (Lipinski definition) is 1. The average Bonchev–Trinajstić information content (AvgIpc) is 2.79. The molecule has 0 saturated carbocycles. The van der Waals surface area contributed by atoms with Crippen LogP contribution in [0.1, 0.15) is 28.8 Å². The summed E-state index contributed by atoms with van der Waals surface area (Å²) in [6.07, 6.45) is -1.17. The number of rotatable bonds is 4. The van der Waals surface area contributed by atoms with Crippen molar-refractivity contribution in [2.45, 2.75) is 19.1 Å². The van der Waals surface area contributed by atoms with Crippen molar-refractivity contribution in [2.75, 3.05) is 24.5 Å². The first kappa shape index (κ1) is 21.7. The number of carbonyl (C=O) groups is 1. The Bertz CT molecular complexity index is 1060. The van der Waals surface area contributed by atoms with Gasteiger partial charge >= 0.3 is 0 Å². The van der Waals surface area contributed by atoms with Gasteiger partial charge in [-0.05, 0) is 53.9 Å². The van der Waals surface area contributed by atoms with Crippen molar-refractivity contribution < 1.29 is 9.90 Å². The number of carbonyl (C=O) groups excluding carboxylic acids is 1. The number of aliphatic hydroxyl groups excluding tert-OH is 1. The van der Waals surface area contributed by atoms with Gasteiger partial charge in [0.05, 0.1) is 6.04 Å². The van der Waals surface area contributed by atoms with E-state index >= 15 is 0 Å². The van der Waals surface area contributed by atoms with Gasteiger partial charge in [0.15, 0.2) is 6.10 Å². The lowest BCUT2D eigenvalue weighted by Crippen LogP contribution is -2.52. The fourth-order valence-electron chi connectivity index (χ4n) is 4.13. The van der Waals surface area contributed by atoms with Gasteiger partial charge in [-0.2, -0.15) is 0 Å². The van der Waals surface area contributed by atoms with Gasteiger partial charge in [-0.3, -0.25) is 4.79 Å². The van der Waals surface area contributed by atoms with Crippen LogP contribution >= 0.6 is 23.2 Å². The van der Waals surface area contributed by atoms with Gasteiger partial charge in [-0.1, -0.05) is 65.7 Å². The van der Waals surface area contributed by atoms with Gasteiger partial charge in [0.2, 0.25) is 0 Å². The second-order valence-corrected chi connectivity index (χ2v) is 8.66. The molecule has 0 aliphatic carbocycles. The van der Waals surface area contributed by atoms with E-state index in [1.54, 1.807) is 17.0 Å². The molecule has 31 heavy (non-hydrogen) atoms. The smallest absolute Gasteiger partial charge is 0.256 e. The Morgan fingerprint density at radius 2 is 1.65 bits per heavy atom. The summed E-state index contributed by atoms with van der Waals surface area (Å²) in [5.74, 6) is -0.280. The minimum Gasteiger partial charge on any atom is -0.378 e. The Morgan fingerprint density at radius 1 is 0.968 bits per heavy atom. The molecule has 4 nitrogen and oxygen atoms in total. The van der Waals surface area contributed by atoms with Crippen molar-refractivity contribution in [1.82, 2.24) is 4.90 Å². The van der Waals surface area contributed by atoms with Crippen LogP contribution in [-0.4, -0.2) is 35.5 Å².